The lowest BCUT2D eigenvalue weighted by atomic mass is 10.0. The van der Waals surface area contributed by atoms with Crippen molar-refractivity contribution in [2.24, 2.45) is 0 Å². The van der Waals surface area contributed by atoms with E-state index in [9.17, 15) is 13.6 Å². The minimum atomic E-state index is -0.680. The number of halogens is 2. The molecular weight excluding hydrogens is 236 g/mol. The summed E-state index contributed by atoms with van der Waals surface area (Å²) in [6.07, 6.45) is 1.14. The van der Waals surface area contributed by atoms with Gasteiger partial charge in [0.25, 0.3) is 0 Å². The Kier molecular flexibility index (Phi) is 3.46. The molecule has 0 amide bonds. The van der Waals surface area contributed by atoms with E-state index in [0.717, 1.165) is 0 Å². The van der Waals surface area contributed by atoms with E-state index in [0.29, 0.717) is 18.3 Å². The molecule has 0 aliphatic carbocycles. The lowest BCUT2D eigenvalue weighted by molar-refractivity contribution is 0.111. The number of rotatable bonds is 3. The molecule has 2 aromatic rings. The summed E-state index contributed by atoms with van der Waals surface area (Å²) in [4.78, 5) is 14.7. The number of aldehydes is 1. The number of hydrogen-bond donors (Lipinski definition) is 0. The van der Waals surface area contributed by atoms with Gasteiger partial charge in [-0.2, -0.15) is 0 Å². The van der Waals surface area contributed by atoms with Crippen molar-refractivity contribution >= 4 is 6.29 Å². The summed E-state index contributed by atoms with van der Waals surface area (Å²) in [6, 6.07) is 6.84. The second-order valence-electron chi connectivity index (χ2n) is 3.81. The van der Waals surface area contributed by atoms with Crippen LogP contribution in [-0.4, -0.2) is 11.3 Å². The molecule has 4 heteroatoms. The summed E-state index contributed by atoms with van der Waals surface area (Å²) in [5.41, 5.74) is 0.866. The third-order valence-electron chi connectivity index (χ3n) is 2.70. The van der Waals surface area contributed by atoms with Crippen LogP contribution in [0.4, 0.5) is 8.78 Å². The van der Waals surface area contributed by atoms with E-state index in [1.54, 1.807) is 6.07 Å². The van der Waals surface area contributed by atoms with E-state index in [2.05, 4.69) is 4.98 Å². The van der Waals surface area contributed by atoms with Gasteiger partial charge in [-0.05, 0) is 30.2 Å². The van der Waals surface area contributed by atoms with Gasteiger partial charge in [0.15, 0.2) is 6.29 Å². The minimum Gasteiger partial charge on any atom is -0.296 e. The topological polar surface area (TPSA) is 30.0 Å². The van der Waals surface area contributed by atoms with Crippen molar-refractivity contribution in [3.8, 4) is 11.3 Å². The van der Waals surface area contributed by atoms with Crippen molar-refractivity contribution in [1.29, 1.82) is 0 Å². The molecule has 0 aliphatic rings. The molecule has 1 aromatic carbocycles. The van der Waals surface area contributed by atoms with Crippen LogP contribution in [0.1, 0.15) is 23.0 Å². The molecule has 0 fully saturated rings. The fourth-order valence-corrected chi connectivity index (χ4v) is 1.79. The van der Waals surface area contributed by atoms with E-state index in [1.165, 1.54) is 24.3 Å². The first kappa shape index (κ1) is 12.4. The van der Waals surface area contributed by atoms with Crippen molar-refractivity contribution in [2.75, 3.05) is 0 Å². The van der Waals surface area contributed by atoms with Crippen LogP contribution in [0.5, 0.6) is 0 Å². The smallest absolute Gasteiger partial charge is 0.168 e. The first-order valence-electron chi connectivity index (χ1n) is 5.56. The molecule has 92 valence electrons. The van der Waals surface area contributed by atoms with Crippen LogP contribution in [0.2, 0.25) is 0 Å². The van der Waals surface area contributed by atoms with E-state index in [-0.39, 0.29) is 17.0 Å². The molecule has 0 aliphatic heterocycles. The standard InChI is InChI=1S/C14H11F2NO/c1-2-9-6-7-10(8-18)17-14(9)13-11(15)4-3-5-12(13)16/h3-8H,2H2,1H3. The van der Waals surface area contributed by atoms with Gasteiger partial charge in [-0.25, -0.2) is 13.8 Å². The molecule has 1 heterocycles. The Morgan fingerprint density at radius 3 is 2.39 bits per heavy atom. The van der Waals surface area contributed by atoms with Crippen LogP contribution in [0.25, 0.3) is 11.3 Å². The van der Waals surface area contributed by atoms with Gasteiger partial charge in [-0.1, -0.05) is 19.1 Å². The predicted octanol–water partition coefficient (Wildman–Crippen LogP) is 3.40. The molecule has 2 nitrogen and oxygen atoms in total. The average molecular weight is 247 g/mol. The number of hydrogen-bond acceptors (Lipinski definition) is 2. The van der Waals surface area contributed by atoms with E-state index in [4.69, 9.17) is 0 Å². The molecule has 2 rings (SSSR count). The van der Waals surface area contributed by atoms with Crippen molar-refractivity contribution < 1.29 is 13.6 Å². The lowest BCUT2D eigenvalue weighted by Gasteiger charge is -2.09. The van der Waals surface area contributed by atoms with Gasteiger partial charge < -0.3 is 0 Å². The van der Waals surface area contributed by atoms with Gasteiger partial charge in [0.2, 0.25) is 0 Å². The Morgan fingerprint density at radius 2 is 1.83 bits per heavy atom. The summed E-state index contributed by atoms with van der Waals surface area (Å²) in [5.74, 6) is -1.36. The highest BCUT2D eigenvalue weighted by Gasteiger charge is 2.16. The quantitative estimate of drug-likeness (QED) is 0.778. The third-order valence-corrected chi connectivity index (χ3v) is 2.70. The molecular formula is C14H11F2NO. The zero-order valence-electron chi connectivity index (χ0n) is 9.78. The molecule has 0 N–H and O–H groups in total. The zero-order chi connectivity index (χ0) is 13.1. The molecule has 0 radical (unpaired) electrons. The Morgan fingerprint density at radius 1 is 1.17 bits per heavy atom. The summed E-state index contributed by atoms with van der Waals surface area (Å²) >= 11 is 0. The maximum Gasteiger partial charge on any atom is 0.168 e. The maximum atomic E-state index is 13.7. The van der Waals surface area contributed by atoms with E-state index in [1.807, 2.05) is 6.92 Å². The first-order valence-corrected chi connectivity index (χ1v) is 5.56. The maximum absolute atomic E-state index is 13.7. The highest BCUT2D eigenvalue weighted by molar-refractivity contribution is 5.75. The number of aromatic nitrogens is 1. The fraction of sp³-hybridized carbons (Fsp3) is 0.143. The minimum absolute atomic E-state index is 0.157. The summed E-state index contributed by atoms with van der Waals surface area (Å²) in [6.45, 7) is 1.86. The molecule has 18 heavy (non-hydrogen) atoms. The van der Waals surface area contributed by atoms with Crippen LogP contribution in [-0.2, 0) is 6.42 Å². The number of carbonyl (C=O) groups excluding carboxylic acids is 1. The van der Waals surface area contributed by atoms with Crippen molar-refractivity contribution in [3.05, 3.63) is 53.2 Å². The number of aryl methyl sites for hydroxylation is 1. The number of pyridine rings is 1. The lowest BCUT2D eigenvalue weighted by Crippen LogP contribution is -2.00. The third kappa shape index (κ3) is 2.14. The second-order valence-corrected chi connectivity index (χ2v) is 3.81. The molecule has 0 bridgehead atoms. The summed E-state index contributed by atoms with van der Waals surface area (Å²) < 4.78 is 27.4. The predicted molar refractivity (Wildman–Crippen MR) is 64.4 cm³/mol. The normalized spacial score (nSPS) is 10.4. The van der Waals surface area contributed by atoms with Crippen molar-refractivity contribution in [3.63, 3.8) is 0 Å². The molecule has 0 unspecified atom stereocenters. The van der Waals surface area contributed by atoms with Crippen molar-refractivity contribution in [1.82, 2.24) is 4.98 Å². The molecule has 1 aromatic heterocycles. The zero-order valence-corrected chi connectivity index (χ0v) is 9.78. The summed E-state index contributed by atoms with van der Waals surface area (Å²) in [7, 11) is 0. The van der Waals surface area contributed by atoms with E-state index < -0.39 is 11.6 Å². The van der Waals surface area contributed by atoms with Gasteiger partial charge in [0.1, 0.15) is 17.3 Å². The first-order chi connectivity index (χ1) is 8.67. The van der Waals surface area contributed by atoms with Crippen LogP contribution in [0, 0.1) is 11.6 Å². The Balaban J connectivity index is 2.72. The van der Waals surface area contributed by atoms with Crippen LogP contribution < -0.4 is 0 Å². The summed E-state index contributed by atoms with van der Waals surface area (Å²) in [5, 5.41) is 0. The van der Waals surface area contributed by atoms with Gasteiger partial charge in [0, 0.05) is 0 Å². The molecule has 0 spiro atoms. The second kappa shape index (κ2) is 5.04. The number of nitrogens with zero attached hydrogens (tertiary/aromatic N) is 1. The van der Waals surface area contributed by atoms with Gasteiger partial charge in [-0.3, -0.25) is 4.79 Å². The van der Waals surface area contributed by atoms with E-state index >= 15 is 0 Å². The van der Waals surface area contributed by atoms with Crippen LogP contribution in [0.3, 0.4) is 0 Å². The van der Waals surface area contributed by atoms with Crippen LogP contribution in [0.15, 0.2) is 30.3 Å². The number of benzene rings is 1. The molecule has 0 saturated carbocycles. The van der Waals surface area contributed by atoms with Gasteiger partial charge in [0.05, 0.1) is 11.3 Å². The Labute approximate surface area is 103 Å². The Hall–Kier alpha value is -2.10. The fourth-order valence-electron chi connectivity index (χ4n) is 1.79. The molecule has 0 saturated heterocycles. The Bertz CT molecular complexity index is 576. The monoisotopic (exact) mass is 247 g/mol. The average Bonchev–Trinajstić information content (AvgIpc) is 2.38. The largest absolute Gasteiger partial charge is 0.296 e. The molecule has 0 atom stereocenters. The van der Waals surface area contributed by atoms with Crippen LogP contribution >= 0.6 is 0 Å². The van der Waals surface area contributed by atoms with Gasteiger partial charge >= 0.3 is 0 Å². The highest BCUT2D eigenvalue weighted by atomic mass is 19.1. The van der Waals surface area contributed by atoms with Crippen molar-refractivity contribution in [2.45, 2.75) is 13.3 Å². The number of carbonyl (C=O) groups is 1. The SMILES string of the molecule is CCc1ccc(C=O)nc1-c1c(F)cccc1F. The highest BCUT2D eigenvalue weighted by Crippen LogP contribution is 2.27. The van der Waals surface area contributed by atoms with Gasteiger partial charge in [-0.15, -0.1) is 0 Å².